The molecule has 2 radical (unpaired) electrons. The summed E-state index contributed by atoms with van der Waals surface area (Å²) in [5.74, 6) is 2.35. The second-order valence-electron chi connectivity index (χ2n) is 28.7. The third-order valence-electron chi connectivity index (χ3n) is 20.9. The average molecular weight is 1700 g/mol. The lowest BCUT2D eigenvalue weighted by Gasteiger charge is -2.13. The molecule has 0 bridgehead atoms. The molecule has 3 aromatic heterocycles. The molecule has 0 saturated carbocycles. The predicted octanol–water partition coefficient (Wildman–Crippen LogP) is 23.9. The lowest BCUT2D eigenvalue weighted by molar-refractivity contribution is 0.425. The van der Waals surface area contributed by atoms with Gasteiger partial charge in [0.2, 0.25) is 5.28 Å². The summed E-state index contributed by atoms with van der Waals surface area (Å²) in [6, 6.07) is 139. The first-order valence-corrected chi connectivity index (χ1v) is 41.1. The number of hydrogen-bond acceptors (Lipinski definition) is 14. The van der Waals surface area contributed by atoms with Crippen LogP contribution in [-0.4, -0.2) is 72.5 Å². The molecule has 0 atom stereocenters. The molecule has 125 heavy (non-hydrogen) atoms. The highest BCUT2D eigenvalue weighted by molar-refractivity contribution is 9.10. The van der Waals surface area contributed by atoms with Crippen LogP contribution in [0.3, 0.4) is 0 Å². The molecule has 19 heteroatoms. The van der Waals surface area contributed by atoms with Gasteiger partial charge in [-0.1, -0.05) is 337 Å². The van der Waals surface area contributed by atoms with E-state index in [0.717, 1.165) is 115 Å². The number of hydrogen-bond donors (Lipinski definition) is 4. The van der Waals surface area contributed by atoms with Gasteiger partial charge in [-0.3, -0.25) is 0 Å². The van der Waals surface area contributed by atoms with Crippen molar-refractivity contribution in [2.75, 3.05) is 0 Å². The molecule has 0 amide bonds. The number of nitrogens with zero attached hydrogens (tertiary/aromatic N) is 8. The van der Waals surface area contributed by atoms with Crippen molar-refractivity contribution in [2.24, 2.45) is 0 Å². The molecule has 0 unspecified atom stereocenters. The van der Waals surface area contributed by atoms with Crippen molar-refractivity contribution in [3.05, 3.63) is 427 Å². The minimum atomic E-state index is -1.47. The van der Waals surface area contributed by atoms with Gasteiger partial charge in [-0.15, -0.1) is 0 Å². The summed E-state index contributed by atoms with van der Waals surface area (Å²) in [7, 11) is -0.253. The van der Waals surface area contributed by atoms with E-state index in [1.54, 1.807) is 12.1 Å². The molecule has 594 valence electrons. The Morgan fingerprint density at radius 1 is 0.272 bits per heavy atom. The van der Waals surface area contributed by atoms with Crippen LogP contribution in [0, 0.1) is 22.7 Å². The van der Waals surface area contributed by atoms with Crippen LogP contribution in [0.15, 0.2) is 411 Å². The van der Waals surface area contributed by atoms with Gasteiger partial charge in [-0.2, -0.15) is 10.5 Å². The van der Waals surface area contributed by atoms with Gasteiger partial charge in [-0.05, 0) is 179 Å². The van der Waals surface area contributed by atoms with Crippen molar-refractivity contribution in [2.45, 2.75) is 0 Å². The van der Waals surface area contributed by atoms with E-state index in [9.17, 15) is 0 Å². The van der Waals surface area contributed by atoms with Gasteiger partial charge in [0.05, 0.1) is 62.6 Å². The summed E-state index contributed by atoms with van der Waals surface area (Å²) in [5, 5.41) is 60.6. The average Bonchev–Trinajstić information content (AvgIpc) is 0.779. The van der Waals surface area contributed by atoms with Crippen LogP contribution >= 0.6 is 27.5 Å². The second-order valence-corrected chi connectivity index (χ2v) is 29.8. The van der Waals surface area contributed by atoms with Gasteiger partial charge in [0, 0.05) is 48.4 Å². The first-order chi connectivity index (χ1) is 61.4. The van der Waals surface area contributed by atoms with Crippen molar-refractivity contribution in [3.8, 4) is 136 Å². The summed E-state index contributed by atoms with van der Waals surface area (Å²) in [5.41, 5.74) is 23.8. The standard InChI is InChI=1S/C43H27N3.C23H14BrN.C20H14BN2O2.C14H9ClN2.C6H7B2O4/c44-28-29-14-16-30(17-15-29)31-18-20-32(21-19-31)36-26-27-37(39-11-5-4-10-38(36)39)33-22-24-35(25-23-33)43-45-41-13-7-6-12-40(41)42(46-43)34-8-2-1-3-9-34;24-23-14-13-20(21-3-1-2-4-22(21)23)19-11-9-18(10-12-19)17-7-5-16(15-25)6-8-17;24-21-25-16-12-10-15(11-13-16)20-22-18-9-5-4-8-17(18)19(23-20)14-6-2-1-3-7-14;15-14-16-12-9-5-4-8-11(12)13(17-14)10-6-2-1-3-7-10;9-7-12-6-3-1-5(2-4-6)8(10)11/h1-27H;1-14H;1-13,24H;1-9H;1-4,9-11H. The Morgan fingerprint density at radius 3 is 0.912 bits per heavy atom. The molecule has 0 aliphatic carbocycles. The van der Waals surface area contributed by atoms with Gasteiger partial charge >= 0.3 is 22.5 Å². The number of benzene rings is 17. The van der Waals surface area contributed by atoms with Gasteiger partial charge in [0.25, 0.3) is 0 Å². The topological polar surface area (TPSA) is 224 Å². The lowest BCUT2D eigenvalue weighted by atomic mass is 9.80. The molecule has 0 spiro atoms. The highest BCUT2D eigenvalue weighted by atomic mass is 79.9. The van der Waals surface area contributed by atoms with E-state index in [0.29, 0.717) is 55.1 Å². The van der Waals surface area contributed by atoms with Crippen LogP contribution in [-0.2, 0) is 0 Å². The fourth-order valence-electron chi connectivity index (χ4n) is 14.7. The number of para-hydroxylation sites is 3. The third kappa shape index (κ3) is 19.8. The molecule has 14 nitrogen and oxygen atoms in total. The first-order valence-electron chi connectivity index (χ1n) is 39.9. The SMILES string of the molecule is Clc1nc(-c2ccccc2)c2ccccc2n1.N#Cc1ccc(-c2ccc(-c3ccc(-c4ccc(-c5nc(-c6ccccc6)c6ccccc6n5)cc4)c4ccccc34)cc2)cc1.N#Cc1ccc(-c2ccc(-c3ccc(Br)c4ccccc34)cc2)cc1.O[B]Oc1ccc(-c2nc(-c3ccccc3)c3ccccc3n2)cc1.O[B]Oc1ccc(B(O)O)cc1. The van der Waals surface area contributed by atoms with E-state index in [1.165, 1.54) is 68.1 Å². The van der Waals surface area contributed by atoms with Crippen molar-refractivity contribution >= 4 is 110 Å². The van der Waals surface area contributed by atoms with Crippen LogP contribution < -0.4 is 14.8 Å². The zero-order valence-corrected chi connectivity index (χ0v) is 69.2. The summed E-state index contributed by atoms with van der Waals surface area (Å²) < 4.78 is 10.7. The highest BCUT2D eigenvalue weighted by Crippen LogP contribution is 2.40. The largest absolute Gasteiger partial charge is 0.569 e. The summed E-state index contributed by atoms with van der Waals surface area (Å²) in [4.78, 5) is 28.0. The Hall–Kier alpha value is -15.3. The van der Waals surface area contributed by atoms with Crippen LogP contribution in [0.25, 0.3) is 166 Å². The van der Waals surface area contributed by atoms with E-state index in [1.807, 2.05) is 200 Å². The molecule has 17 aromatic carbocycles. The number of nitriles is 2. The number of aromatic nitrogens is 6. The molecule has 20 rings (SSSR count). The van der Waals surface area contributed by atoms with Gasteiger partial charge < -0.3 is 29.4 Å². The highest BCUT2D eigenvalue weighted by Gasteiger charge is 2.18. The first kappa shape index (κ1) is 83.3. The number of rotatable bonds is 15. The fourth-order valence-corrected chi connectivity index (χ4v) is 15.4. The predicted molar refractivity (Wildman–Crippen MR) is 510 cm³/mol. The molecule has 4 N–H and O–H groups in total. The summed E-state index contributed by atoms with van der Waals surface area (Å²) >= 11 is 9.59. The molecule has 0 aliphatic heterocycles. The molecule has 3 heterocycles. The maximum Gasteiger partial charge on any atom is 0.569 e. The fraction of sp³-hybridized carbons (Fsp3) is 0. The van der Waals surface area contributed by atoms with Crippen LogP contribution in [0.1, 0.15) is 11.1 Å². The molecule has 20 aromatic rings. The van der Waals surface area contributed by atoms with Crippen LogP contribution in [0.2, 0.25) is 5.28 Å². The van der Waals surface area contributed by atoms with Crippen molar-refractivity contribution < 1.29 is 29.4 Å². The van der Waals surface area contributed by atoms with Crippen LogP contribution in [0.4, 0.5) is 0 Å². The molecular weight excluding hydrogens is 1630 g/mol. The summed E-state index contributed by atoms with van der Waals surface area (Å²) in [6.45, 7) is 0. The van der Waals surface area contributed by atoms with E-state index in [-0.39, 0.29) is 5.28 Å². The smallest absolute Gasteiger partial charge is 0.537 e. The quantitative estimate of drug-likeness (QED) is 0.0554. The Kier molecular flexibility index (Phi) is 26.6. The van der Waals surface area contributed by atoms with Gasteiger partial charge in [0.1, 0.15) is 5.75 Å². The monoisotopic (exact) mass is 1700 g/mol. The maximum absolute atomic E-state index is 9.12. The van der Waals surface area contributed by atoms with Crippen molar-refractivity contribution in [1.82, 2.24) is 29.9 Å². The number of fused-ring (bicyclic) bond motifs is 5. The van der Waals surface area contributed by atoms with Crippen molar-refractivity contribution in [3.63, 3.8) is 0 Å². The zero-order valence-electron chi connectivity index (χ0n) is 66.9. The van der Waals surface area contributed by atoms with E-state index < -0.39 is 7.12 Å². The Balaban J connectivity index is 0.000000125. The minimum absolute atomic E-state index is 0.280. The van der Waals surface area contributed by atoms with E-state index in [2.05, 4.69) is 213 Å². The molecule has 0 fully saturated rings. The zero-order chi connectivity index (χ0) is 85.8. The normalized spacial score (nSPS) is 10.6. The lowest BCUT2D eigenvalue weighted by Crippen LogP contribution is -2.29. The van der Waals surface area contributed by atoms with Crippen LogP contribution in [0.5, 0.6) is 11.5 Å². The van der Waals surface area contributed by atoms with Gasteiger partial charge in [0.15, 0.2) is 11.6 Å². The van der Waals surface area contributed by atoms with E-state index >= 15 is 0 Å². The maximum atomic E-state index is 9.12. The summed E-state index contributed by atoms with van der Waals surface area (Å²) in [6.07, 6.45) is 0. The Bertz CT molecular complexity index is 7240. The van der Waals surface area contributed by atoms with E-state index in [4.69, 9.17) is 66.8 Å². The minimum Gasteiger partial charge on any atom is -0.537 e. The van der Waals surface area contributed by atoms with Gasteiger partial charge in [-0.25, -0.2) is 29.9 Å². The number of halogens is 2. The molecule has 0 saturated heterocycles. The Labute approximate surface area is 737 Å². The molecular formula is C106H71B3BrClN8O6. The van der Waals surface area contributed by atoms with Crippen molar-refractivity contribution in [1.29, 1.82) is 10.5 Å². The third-order valence-corrected chi connectivity index (χ3v) is 21.8. The molecule has 0 aliphatic rings. The second kappa shape index (κ2) is 39.9. The Morgan fingerprint density at radius 2 is 0.552 bits per heavy atom.